The van der Waals surface area contributed by atoms with E-state index < -0.39 is 11.9 Å². The number of ether oxygens (including phenoxy) is 3. The molecule has 0 fully saturated rings. The fourth-order valence-corrected chi connectivity index (χ4v) is 6.62. The van der Waals surface area contributed by atoms with E-state index in [1.54, 1.807) is 37.3 Å². The quantitative estimate of drug-likeness (QED) is 0.142. The lowest BCUT2D eigenvalue weighted by atomic mass is 9.95. The van der Waals surface area contributed by atoms with Crippen LogP contribution in [0.5, 0.6) is 11.5 Å². The number of rotatable bonds is 9. The minimum atomic E-state index is -0.626. The predicted octanol–water partition coefficient (Wildman–Crippen LogP) is 8.01. The summed E-state index contributed by atoms with van der Waals surface area (Å²) in [7, 11) is 1.49. The van der Waals surface area contributed by atoms with Gasteiger partial charge in [-0.15, -0.1) is 11.3 Å². The van der Waals surface area contributed by atoms with Crippen LogP contribution >= 0.6 is 50.5 Å². The van der Waals surface area contributed by atoms with Crippen LogP contribution in [0.2, 0.25) is 10.0 Å². The van der Waals surface area contributed by atoms with Crippen molar-refractivity contribution in [2.45, 2.75) is 39.2 Å². The number of hydrogen-bond donors (Lipinski definition) is 1. The number of esters is 1. The van der Waals surface area contributed by atoms with Crippen molar-refractivity contribution in [2.24, 2.45) is 0 Å². The number of nitriles is 1. The standard InChI is InChI=1S/C29H25BrCl2N2O5S/c1-3-38-29(36)25-20-6-4-5-7-24(20)40-28(25)34-27(35)18(14-33)10-16-11-21(30)26(23(12-16)37-2)39-15-17-8-9-19(31)13-22(17)32/h8-13H,3-7,15H2,1-2H3,(H,34,35)/b18-10+. The molecule has 4 rings (SSSR count). The van der Waals surface area contributed by atoms with Crippen LogP contribution in [0.4, 0.5) is 5.00 Å². The maximum absolute atomic E-state index is 13.2. The lowest BCUT2D eigenvalue weighted by Crippen LogP contribution is -2.16. The molecule has 1 aliphatic carbocycles. The lowest BCUT2D eigenvalue weighted by molar-refractivity contribution is -0.112. The van der Waals surface area contributed by atoms with Crippen LogP contribution in [-0.4, -0.2) is 25.6 Å². The summed E-state index contributed by atoms with van der Waals surface area (Å²) < 4.78 is 17.3. The number of anilines is 1. The van der Waals surface area contributed by atoms with Gasteiger partial charge in [-0.3, -0.25) is 4.79 Å². The third-order valence-corrected chi connectivity index (χ3v) is 8.58. The van der Waals surface area contributed by atoms with Gasteiger partial charge in [0.2, 0.25) is 0 Å². The minimum absolute atomic E-state index is 0.142. The maximum atomic E-state index is 13.2. The molecule has 208 valence electrons. The SMILES string of the molecule is CCOC(=O)c1c(NC(=O)/C(C#N)=C/c2cc(Br)c(OCc3ccc(Cl)cc3Cl)c(OC)c2)sc2c1CCCC2. The zero-order chi connectivity index (χ0) is 28.8. The van der Waals surface area contributed by atoms with E-state index in [1.807, 2.05) is 6.07 Å². The first-order valence-corrected chi connectivity index (χ1v) is 14.8. The molecule has 1 aliphatic rings. The second kappa shape index (κ2) is 13.6. The number of nitrogens with one attached hydrogen (secondary N) is 1. The number of nitrogens with zero attached hydrogens (tertiary/aromatic N) is 1. The third-order valence-electron chi connectivity index (χ3n) is 6.19. The molecule has 40 heavy (non-hydrogen) atoms. The maximum Gasteiger partial charge on any atom is 0.341 e. The molecule has 11 heteroatoms. The largest absolute Gasteiger partial charge is 0.493 e. The topological polar surface area (TPSA) is 97.7 Å². The van der Waals surface area contributed by atoms with Gasteiger partial charge in [0.15, 0.2) is 11.5 Å². The Morgan fingerprint density at radius 1 is 1.20 bits per heavy atom. The molecule has 0 spiro atoms. The number of hydrogen-bond acceptors (Lipinski definition) is 7. The van der Waals surface area contributed by atoms with Gasteiger partial charge in [-0.2, -0.15) is 5.26 Å². The Bertz CT molecular complexity index is 1530. The number of halogens is 3. The number of fused-ring (bicyclic) bond motifs is 1. The molecule has 0 aliphatic heterocycles. The number of carbonyl (C=O) groups is 2. The molecule has 0 bridgehead atoms. The molecule has 0 saturated carbocycles. The van der Waals surface area contributed by atoms with Gasteiger partial charge >= 0.3 is 5.97 Å². The Morgan fingerprint density at radius 3 is 2.67 bits per heavy atom. The molecule has 1 amide bonds. The molecule has 3 aromatic rings. The second-order valence-corrected chi connectivity index (χ2v) is 11.6. The fourth-order valence-electron chi connectivity index (χ4n) is 4.31. The Morgan fingerprint density at radius 2 is 1.98 bits per heavy atom. The summed E-state index contributed by atoms with van der Waals surface area (Å²) in [6.07, 6.45) is 5.03. The van der Waals surface area contributed by atoms with Crippen LogP contribution in [0.1, 0.15) is 51.7 Å². The van der Waals surface area contributed by atoms with Gasteiger partial charge in [-0.1, -0.05) is 29.3 Å². The lowest BCUT2D eigenvalue weighted by Gasteiger charge is -2.14. The molecule has 0 atom stereocenters. The first kappa shape index (κ1) is 29.9. The van der Waals surface area contributed by atoms with Crippen molar-refractivity contribution >= 4 is 73.4 Å². The summed E-state index contributed by atoms with van der Waals surface area (Å²) in [4.78, 5) is 27.0. The van der Waals surface area contributed by atoms with Gasteiger partial charge in [-0.05, 0) is 90.0 Å². The van der Waals surface area contributed by atoms with E-state index >= 15 is 0 Å². The second-order valence-electron chi connectivity index (χ2n) is 8.82. The summed E-state index contributed by atoms with van der Waals surface area (Å²) in [5.74, 6) is -0.279. The van der Waals surface area contributed by atoms with Crippen LogP contribution in [0.3, 0.4) is 0 Å². The summed E-state index contributed by atoms with van der Waals surface area (Å²) >= 11 is 17.1. The highest BCUT2D eigenvalue weighted by Crippen LogP contribution is 2.40. The predicted molar refractivity (Wildman–Crippen MR) is 161 cm³/mol. The van der Waals surface area contributed by atoms with Crippen molar-refractivity contribution in [2.75, 3.05) is 19.0 Å². The van der Waals surface area contributed by atoms with Gasteiger partial charge in [0, 0.05) is 20.5 Å². The Hall–Kier alpha value is -3.03. The van der Waals surface area contributed by atoms with Crippen molar-refractivity contribution in [1.29, 1.82) is 5.26 Å². The molecular formula is C29H25BrCl2N2O5S. The smallest absolute Gasteiger partial charge is 0.341 e. The number of carbonyl (C=O) groups excluding carboxylic acids is 2. The average molecular weight is 664 g/mol. The molecular weight excluding hydrogens is 639 g/mol. The fraction of sp³-hybridized carbons (Fsp3) is 0.276. The number of methoxy groups -OCH3 is 1. The van der Waals surface area contributed by atoms with Gasteiger partial charge in [0.25, 0.3) is 5.91 Å². The van der Waals surface area contributed by atoms with Crippen molar-refractivity contribution in [3.05, 3.63) is 77.6 Å². The minimum Gasteiger partial charge on any atom is -0.493 e. The van der Waals surface area contributed by atoms with Crippen LogP contribution in [-0.2, 0) is 29.0 Å². The third kappa shape index (κ3) is 6.81. The van der Waals surface area contributed by atoms with E-state index in [0.717, 1.165) is 41.7 Å². The number of benzene rings is 2. The Balaban J connectivity index is 1.58. The van der Waals surface area contributed by atoms with Gasteiger partial charge in [-0.25, -0.2) is 4.79 Å². The van der Waals surface area contributed by atoms with E-state index in [9.17, 15) is 14.9 Å². The number of thiophene rings is 1. The summed E-state index contributed by atoms with van der Waals surface area (Å²) in [6.45, 7) is 2.13. The van der Waals surface area contributed by atoms with E-state index in [-0.39, 0.29) is 18.8 Å². The first-order valence-electron chi connectivity index (χ1n) is 12.4. The van der Waals surface area contributed by atoms with E-state index in [2.05, 4.69) is 21.2 Å². The number of amides is 1. The Kier molecular flexibility index (Phi) is 10.1. The molecule has 1 heterocycles. The van der Waals surface area contributed by atoms with Crippen molar-refractivity contribution in [3.8, 4) is 17.6 Å². The van der Waals surface area contributed by atoms with Crippen LogP contribution in [0.15, 0.2) is 40.4 Å². The average Bonchev–Trinajstić information content (AvgIpc) is 3.29. The normalized spacial score (nSPS) is 12.8. The molecule has 1 N–H and O–H groups in total. The monoisotopic (exact) mass is 662 g/mol. The van der Waals surface area contributed by atoms with E-state index in [0.29, 0.717) is 42.1 Å². The van der Waals surface area contributed by atoms with Crippen molar-refractivity contribution in [1.82, 2.24) is 0 Å². The van der Waals surface area contributed by atoms with Crippen LogP contribution in [0.25, 0.3) is 6.08 Å². The highest BCUT2D eigenvalue weighted by molar-refractivity contribution is 9.10. The molecule has 0 saturated heterocycles. The summed E-state index contributed by atoms with van der Waals surface area (Å²) in [5, 5.41) is 14.0. The molecule has 0 unspecified atom stereocenters. The van der Waals surface area contributed by atoms with Crippen molar-refractivity contribution in [3.63, 3.8) is 0 Å². The molecule has 0 radical (unpaired) electrons. The summed E-state index contributed by atoms with van der Waals surface area (Å²) in [6, 6.07) is 10.5. The Labute approximate surface area is 254 Å². The van der Waals surface area contributed by atoms with E-state index in [1.165, 1.54) is 24.5 Å². The number of aryl methyl sites for hydroxylation is 1. The van der Waals surface area contributed by atoms with Gasteiger partial charge < -0.3 is 19.5 Å². The van der Waals surface area contributed by atoms with Crippen molar-refractivity contribution < 1.29 is 23.8 Å². The summed E-state index contributed by atoms with van der Waals surface area (Å²) in [5.41, 5.74) is 2.44. The van der Waals surface area contributed by atoms with Crippen LogP contribution in [0, 0.1) is 11.3 Å². The molecule has 2 aromatic carbocycles. The first-order chi connectivity index (χ1) is 19.2. The highest BCUT2D eigenvalue weighted by atomic mass is 79.9. The van der Waals surface area contributed by atoms with Gasteiger partial charge in [0.1, 0.15) is 23.3 Å². The van der Waals surface area contributed by atoms with Crippen LogP contribution < -0.4 is 14.8 Å². The molecule has 7 nitrogen and oxygen atoms in total. The zero-order valence-corrected chi connectivity index (χ0v) is 25.7. The zero-order valence-electron chi connectivity index (χ0n) is 21.7. The van der Waals surface area contributed by atoms with Gasteiger partial charge in [0.05, 0.1) is 23.8 Å². The molecule has 1 aromatic heterocycles. The highest BCUT2D eigenvalue weighted by Gasteiger charge is 2.28. The van der Waals surface area contributed by atoms with E-state index in [4.69, 9.17) is 37.4 Å².